The first-order chi connectivity index (χ1) is 15.6. The lowest BCUT2D eigenvalue weighted by atomic mass is 10.1. The molecule has 0 saturated heterocycles. The van der Waals surface area contributed by atoms with Gasteiger partial charge in [0.1, 0.15) is 0 Å². The number of hydrogen-bond donors (Lipinski definition) is 2. The zero-order chi connectivity index (χ0) is 23.3. The molecular weight excluding hydrogens is 525 g/mol. The molecule has 0 aliphatic carbocycles. The molecule has 2 aromatic carbocycles. The molecule has 0 bridgehead atoms. The van der Waals surface area contributed by atoms with E-state index in [1.807, 2.05) is 43.0 Å². The Morgan fingerprint density at radius 1 is 0.879 bits per heavy atom. The molecule has 0 aromatic heterocycles. The van der Waals surface area contributed by atoms with Gasteiger partial charge in [-0.25, -0.2) is 0 Å². The Bertz CT molecular complexity index is 834. The maximum Gasteiger partial charge on any atom is 0.253 e. The molecule has 1 unspecified atom stereocenters. The van der Waals surface area contributed by atoms with Gasteiger partial charge in [0.15, 0.2) is 5.96 Å². The molecule has 2 aromatic rings. The van der Waals surface area contributed by atoms with E-state index < -0.39 is 0 Å². The van der Waals surface area contributed by atoms with Crippen LogP contribution in [-0.4, -0.2) is 61.4 Å². The van der Waals surface area contributed by atoms with Crippen molar-refractivity contribution in [2.75, 3.05) is 39.8 Å². The lowest BCUT2D eigenvalue weighted by molar-refractivity contribution is 0.0773. The molecule has 2 rings (SSSR count). The Morgan fingerprint density at radius 2 is 1.48 bits per heavy atom. The molecule has 1 atom stereocenters. The highest BCUT2D eigenvalue weighted by molar-refractivity contribution is 14.0. The second-order valence-corrected chi connectivity index (χ2v) is 7.63. The second-order valence-electron chi connectivity index (χ2n) is 7.63. The van der Waals surface area contributed by atoms with Crippen molar-refractivity contribution in [3.63, 3.8) is 0 Å². The molecule has 0 radical (unpaired) electrons. The zero-order valence-corrected chi connectivity index (χ0v) is 23.0. The first kappa shape index (κ1) is 28.9. The van der Waals surface area contributed by atoms with Gasteiger partial charge in [0.25, 0.3) is 5.91 Å². The summed E-state index contributed by atoms with van der Waals surface area (Å²) in [5.41, 5.74) is 3.13. The van der Waals surface area contributed by atoms with Crippen LogP contribution in [-0.2, 0) is 6.54 Å². The van der Waals surface area contributed by atoms with Crippen LogP contribution in [0.2, 0.25) is 0 Å². The molecule has 0 aliphatic rings. The van der Waals surface area contributed by atoms with Gasteiger partial charge >= 0.3 is 0 Å². The minimum Gasteiger partial charge on any atom is -0.354 e. The summed E-state index contributed by atoms with van der Waals surface area (Å²) in [5.74, 6) is 0.844. The summed E-state index contributed by atoms with van der Waals surface area (Å²) in [6.07, 6.45) is 0. The standard InChI is InChI=1S/C26H39N5O.HI/c1-6-30(7-2)24(22-13-11-10-12-14-22)20-29-26(27-5)28-19-21-15-17-23(18-16-21)25(32)31(8-3)9-4;/h10-18,24H,6-9,19-20H2,1-5H3,(H2,27,28,29);1H. The number of likely N-dealkylation sites (N-methyl/N-ethyl adjacent to an activating group) is 1. The summed E-state index contributed by atoms with van der Waals surface area (Å²) in [6.45, 7) is 13.2. The van der Waals surface area contributed by atoms with Gasteiger partial charge in [0, 0.05) is 38.8 Å². The highest BCUT2D eigenvalue weighted by atomic mass is 127. The molecule has 2 N–H and O–H groups in total. The summed E-state index contributed by atoms with van der Waals surface area (Å²) < 4.78 is 0. The first-order valence-corrected chi connectivity index (χ1v) is 11.7. The lowest BCUT2D eigenvalue weighted by Gasteiger charge is -2.30. The number of amides is 1. The number of rotatable bonds is 11. The highest BCUT2D eigenvalue weighted by Crippen LogP contribution is 2.19. The van der Waals surface area contributed by atoms with Crippen molar-refractivity contribution in [2.24, 2.45) is 4.99 Å². The van der Waals surface area contributed by atoms with E-state index in [2.05, 4.69) is 64.7 Å². The SMILES string of the molecule is CCN(CC)C(=O)c1ccc(CNC(=NC)NCC(c2ccccc2)N(CC)CC)cc1.I. The van der Waals surface area contributed by atoms with Crippen LogP contribution in [0.4, 0.5) is 0 Å². The van der Waals surface area contributed by atoms with E-state index in [4.69, 9.17) is 0 Å². The summed E-state index contributed by atoms with van der Waals surface area (Å²) in [6, 6.07) is 18.7. The van der Waals surface area contributed by atoms with E-state index in [-0.39, 0.29) is 35.9 Å². The molecule has 0 fully saturated rings. The molecule has 0 spiro atoms. The smallest absolute Gasteiger partial charge is 0.253 e. The van der Waals surface area contributed by atoms with E-state index in [0.29, 0.717) is 6.54 Å². The van der Waals surface area contributed by atoms with Crippen molar-refractivity contribution in [3.8, 4) is 0 Å². The Labute approximate surface area is 216 Å². The third-order valence-electron chi connectivity index (χ3n) is 5.84. The number of halogens is 1. The van der Waals surface area contributed by atoms with E-state index >= 15 is 0 Å². The maximum absolute atomic E-state index is 12.5. The van der Waals surface area contributed by atoms with Crippen LogP contribution in [0.15, 0.2) is 59.6 Å². The number of carbonyl (C=O) groups excluding carboxylic acids is 1. The van der Waals surface area contributed by atoms with Gasteiger partial charge in [0.2, 0.25) is 0 Å². The maximum atomic E-state index is 12.5. The normalized spacial score (nSPS) is 12.1. The zero-order valence-electron chi connectivity index (χ0n) is 20.7. The van der Waals surface area contributed by atoms with Crippen LogP contribution >= 0.6 is 24.0 Å². The van der Waals surface area contributed by atoms with E-state index in [1.54, 1.807) is 7.05 Å². The molecule has 7 heteroatoms. The van der Waals surface area contributed by atoms with Crippen LogP contribution in [0.25, 0.3) is 0 Å². The molecule has 0 saturated carbocycles. The van der Waals surface area contributed by atoms with Crippen molar-refractivity contribution in [1.82, 2.24) is 20.4 Å². The van der Waals surface area contributed by atoms with Crippen molar-refractivity contribution in [3.05, 3.63) is 71.3 Å². The Morgan fingerprint density at radius 3 is 2.00 bits per heavy atom. The van der Waals surface area contributed by atoms with Gasteiger partial charge in [0.05, 0.1) is 6.04 Å². The van der Waals surface area contributed by atoms with Gasteiger partial charge in [-0.15, -0.1) is 24.0 Å². The Balaban J connectivity index is 0.00000544. The van der Waals surface area contributed by atoms with E-state index in [0.717, 1.165) is 49.8 Å². The van der Waals surface area contributed by atoms with Gasteiger partial charge in [-0.2, -0.15) is 0 Å². The van der Waals surface area contributed by atoms with Crippen molar-refractivity contribution < 1.29 is 4.79 Å². The molecular formula is C26H40IN5O. The van der Waals surface area contributed by atoms with Crippen LogP contribution in [0.5, 0.6) is 0 Å². The summed E-state index contributed by atoms with van der Waals surface area (Å²) in [5, 5.41) is 6.87. The van der Waals surface area contributed by atoms with E-state index in [9.17, 15) is 4.79 Å². The molecule has 182 valence electrons. The largest absolute Gasteiger partial charge is 0.354 e. The summed E-state index contributed by atoms with van der Waals surface area (Å²) >= 11 is 0. The highest BCUT2D eigenvalue weighted by Gasteiger charge is 2.18. The number of hydrogen-bond acceptors (Lipinski definition) is 3. The first-order valence-electron chi connectivity index (χ1n) is 11.7. The minimum absolute atomic E-state index is 0. The molecule has 1 amide bonds. The van der Waals surface area contributed by atoms with Crippen molar-refractivity contribution >= 4 is 35.8 Å². The molecule has 0 aliphatic heterocycles. The Hall–Kier alpha value is -2.13. The number of nitrogens with zero attached hydrogens (tertiary/aromatic N) is 3. The quantitative estimate of drug-likeness (QED) is 0.239. The summed E-state index contributed by atoms with van der Waals surface area (Å²) in [7, 11) is 1.79. The topological polar surface area (TPSA) is 60.0 Å². The average Bonchev–Trinajstić information content (AvgIpc) is 2.85. The van der Waals surface area contributed by atoms with Gasteiger partial charge in [-0.05, 0) is 50.2 Å². The second kappa shape index (κ2) is 15.7. The van der Waals surface area contributed by atoms with Crippen LogP contribution in [0, 0.1) is 0 Å². The van der Waals surface area contributed by atoms with Crippen LogP contribution in [0.3, 0.4) is 0 Å². The van der Waals surface area contributed by atoms with E-state index in [1.165, 1.54) is 5.56 Å². The number of nitrogens with one attached hydrogen (secondary N) is 2. The number of carbonyl (C=O) groups is 1. The molecule has 6 nitrogen and oxygen atoms in total. The molecule has 33 heavy (non-hydrogen) atoms. The molecule has 0 heterocycles. The number of benzene rings is 2. The van der Waals surface area contributed by atoms with Gasteiger partial charge in [-0.1, -0.05) is 56.3 Å². The predicted octanol–water partition coefficient (Wildman–Crippen LogP) is 4.53. The lowest BCUT2D eigenvalue weighted by Crippen LogP contribution is -2.43. The minimum atomic E-state index is 0. The number of aliphatic imine (C=N–C) groups is 1. The summed E-state index contributed by atoms with van der Waals surface area (Å²) in [4.78, 5) is 21.1. The fourth-order valence-corrected chi connectivity index (χ4v) is 3.86. The van der Waals surface area contributed by atoms with Gasteiger partial charge in [-0.3, -0.25) is 14.7 Å². The predicted molar refractivity (Wildman–Crippen MR) is 149 cm³/mol. The average molecular weight is 566 g/mol. The Kier molecular flexibility index (Phi) is 13.7. The third-order valence-corrected chi connectivity index (χ3v) is 5.84. The van der Waals surface area contributed by atoms with Gasteiger partial charge < -0.3 is 15.5 Å². The fraction of sp³-hybridized carbons (Fsp3) is 0.462. The van der Waals surface area contributed by atoms with Crippen LogP contribution in [0.1, 0.15) is 55.2 Å². The van der Waals surface area contributed by atoms with Crippen molar-refractivity contribution in [2.45, 2.75) is 40.3 Å². The van der Waals surface area contributed by atoms with Crippen molar-refractivity contribution in [1.29, 1.82) is 0 Å². The van der Waals surface area contributed by atoms with Crippen LogP contribution < -0.4 is 10.6 Å². The number of guanidine groups is 1. The third kappa shape index (κ3) is 8.62. The monoisotopic (exact) mass is 565 g/mol. The fourth-order valence-electron chi connectivity index (χ4n) is 3.86.